The molecule has 1 fully saturated rings. The van der Waals surface area contributed by atoms with Crippen LogP contribution in [0.25, 0.3) is 0 Å². The zero-order valence-electron chi connectivity index (χ0n) is 15.1. The van der Waals surface area contributed by atoms with Crippen molar-refractivity contribution >= 4 is 34.9 Å². The second-order valence-corrected chi connectivity index (χ2v) is 6.64. The van der Waals surface area contributed by atoms with Gasteiger partial charge in [0.25, 0.3) is 5.91 Å². The number of rotatable bonds is 7. The highest BCUT2D eigenvalue weighted by Gasteiger charge is 2.15. The minimum atomic E-state index is -0.330. The van der Waals surface area contributed by atoms with Crippen LogP contribution < -0.4 is 15.5 Å². The molecule has 0 bridgehead atoms. The number of carbonyl (C=O) groups excluding carboxylic acids is 1. The summed E-state index contributed by atoms with van der Waals surface area (Å²) in [6, 6.07) is 7.99. The van der Waals surface area contributed by atoms with Gasteiger partial charge in [0.1, 0.15) is 11.4 Å². The first-order valence-electron chi connectivity index (χ1n) is 8.71. The van der Waals surface area contributed by atoms with E-state index in [0.717, 1.165) is 37.7 Å². The first-order chi connectivity index (χ1) is 13.2. The molecule has 9 heteroatoms. The number of aliphatic hydroxyl groups excluding tert-OH is 1. The van der Waals surface area contributed by atoms with Gasteiger partial charge in [-0.3, -0.25) is 4.79 Å². The molecule has 1 aromatic carbocycles. The largest absolute Gasteiger partial charge is 0.395 e. The summed E-state index contributed by atoms with van der Waals surface area (Å²) >= 11 is 1.40. The number of carbonyl (C=O) groups is 1. The fourth-order valence-corrected chi connectivity index (χ4v) is 3.04. The van der Waals surface area contributed by atoms with Crippen molar-refractivity contribution in [2.75, 3.05) is 55.9 Å². The monoisotopic (exact) mass is 389 g/mol. The fraction of sp³-hybridized carbons (Fsp3) is 0.389. The number of anilines is 3. The normalized spacial score (nSPS) is 14.1. The van der Waals surface area contributed by atoms with Crippen molar-refractivity contribution in [1.82, 2.24) is 15.3 Å². The minimum Gasteiger partial charge on any atom is -0.395 e. The van der Waals surface area contributed by atoms with Crippen molar-refractivity contribution in [3.63, 3.8) is 0 Å². The van der Waals surface area contributed by atoms with E-state index in [4.69, 9.17) is 9.84 Å². The number of thioether (sulfide) groups is 1. The summed E-state index contributed by atoms with van der Waals surface area (Å²) < 4.78 is 5.39. The molecule has 0 radical (unpaired) electrons. The third-order valence-corrected chi connectivity index (χ3v) is 4.66. The lowest BCUT2D eigenvalue weighted by Gasteiger charge is -2.29. The van der Waals surface area contributed by atoms with Gasteiger partial charge in [-0.2, -0.15) is 0 Å². The molecule has 3 rings (SSSR count). The van der Waals surface area contributed by atoms with Gasteiger partial charge in [-0.1, -0.05) is 11.8 Å². The van der Waals surface area contributed by atoms with Crippen molar-refractivity contribution in [2.24, 2.45) is 0 Å². The number of ether oxygens (including phenoxy) is 1. The number of nitrogens with one attached hydrogen (secondary N) is 2. The Labute approximate surface area is 162 Å². The molecule has 0 unspecified atom stereocenters. The van der Waals surface area contributed by atoms with Crippen LogP contribution in [0.2, 0.25) is 0 Å². The molecule has 1 aliphatic heterocycles. The first-order valence-corrected chi connectivity index (χ1v) is 9.93. The van der Waals surface area contributed by atoms with Gasteiger partial charge in [-0.05, 0) is 30.5 Å². The van der Waals surface area contributed by atoms with E-state index in [9.17, 15) is 4.79 Å². The SMILES string of the molecule is CSc1ncc(C(=O)NCCO)c(Nc2ccc(N3CCOCC3)cc2)n1. The molecule has 0 aliphatic carbocycles. The molecular weight excluding hydrogens is 366 g/mol. The third-order valence-electron chi connectivity index (χ3n) is 4.10. The Hall–Kier alpha value is -2.36. The highest BCUT2D eigenvalue weighted by Crippen LogP contribution is 2.24. The van der Waals surface area contributed by atoms with E-state index in [1.54, 1.807) is 0 Å². The van der Waals surface area contributed by atoms with Crippen LogP contribution in [0.5, 0.6) is 0 Å². The molecule has 0 saturated carbocycles. The number of hydrogen-bond donors (Lipinski definition) is 3. The van der Waals surface area contributed by atoms with Gasteiger partial charge in [-0.25, -0.2) is 9.97 Å². The number of aromatic nitrogens is 2. The second-order valence-electron chi connectivity index (χ2n) is 5.87. The second kappa shape index (κ2) is 9.54. The Balaban J connectivity index is 1.77. The van der Waals surface area contributed by atoms with Gasteiger partial charge < -0.3 is 25.4 Å². The molecule has 1 aliphatic rings. The van der Waals surface area contributed by atoms with Crippen LogP contribution in [-0.2, 0) is 4.74 Å². The van der Waals surface area contributed by atoms with Crippen molar-refractivity contribution in [3.8, 4) is 0 Å². The molecule has 1 aromatic heterocycles. The molecule has 3 N–H and O–H groups in total. The van der Waals surface area contributed by atoms with Crippen LogP contribution in [0.15, 0.2) is 35.6 Å². The average molecular weight is 389 g/mol. The Morgan fingerprint density at radius 1 is 1.30 bits per heavy atom. The summed E-state index contributed by atoms with van der Waals surface area (Å²) in [5.74, 6) is 0.105. The van der Waals surface area contributed by atoms with E-state index in [1.807, 2.05) is 30.5 Å². The molecule has 0 spiro atoms. The zero-order valence-corrected chi connectivity index (χ0v) is 16.0. The van der Waals surface area contributed by atoms with Crippen LogP contribution in [0.4, 0.5) is 17.2 Å². The third kappa shape index (κ3) is 5.09. The number of amides is 1. The number of benzene rings is 1. The van der Waals surface area contributed by atoms with Crippen LogP contribution >= 0.6 is 11.8 Å². The summed E-state index contributed by atoms with van der Waals surface area (Å²) in [6.07, 6.45) is 3.37. The molecule has 0 atom stereocenters. The summed E-state index contributed by atoms with van der Waals surface area (Å²) in [5.41, 5.74) is 2.30. The van der Waals surface area contributed by atoms with Gasteiger partial charge in [0, 0.05) is 37.2 Å². The van der Waals surface area contributed by atoms with E-state index < -0.39 is 0 Å². The van der Waals surface area contributed by atoms with E-state index in [2.05, 4.69) is 25.5 Å². The Morgan fingerprint density at radius 3 is 2.70 bits per heavy atom. The molecule has 144 valence electrons. The number of morpholine rings is 1. The Kier molecular flexibility index (Phi) is 6.86. The minimum absolute atomic E-state index is 0.124. The lowest BCUT2D eigenvalue weighted by molar-refractivity contribution is 0.0944. The van der Waals surface area contributed by atoms with Crippen molar-refractivity contribution in [1.29, 1.82) is 0 Å². The van der Waals surface area contributed by atoms with Gasteiger partial charge in [0.15, 0.2) is 5.16 Å². The lowest BCUT2D eigenvalue weighted by atomic mass is 10.2. The van der Waals surface area contributed by atoms with Crippen molar-refractivity contribution < 1.29 is 14.6 Å². The summed E-state index contributed by atoms with van der Waals surface area (Å²) in [5, 5.41) is 15.3. The summed E-state index contributed by atoms with van der Waals surface area (Å²) in [7, 11) is 0. The van der Waals surface area contributed by atoms with E-state index >= 15 is 0 Å². The highest BCUT2D eigenvalue weighted by atomic mass is 32.2. The Morgan fingerprint density at radius 2 is 2.04 bits per heavy atom. The number of nitrogens with zero attached hydrogens (tertiary/aromatic N) is 3. The van der Waals surface area contributed by atoms with Crippen molar-refractivity contribution in [2.45, 2.75) is 5.16 Å². The maximum absolute atomic E-state index is 12.3. The molecule has 1 saturated heterocycles. The topological polar surface area (TPSA) is 99.6 Å². The Bertz CT molecular complexity index is 766. The molecule has 27 heavy (non-hydrogen) atoms. The van der Waals surface area contributed by atoms with Gasteiger partial charge in [-0.15, -0.1) is 0 Å². The molecule has 8 nitrogen and oxygen atoms in total. The van der Waals surface area contributed by atoms with Crippen LogP contribution in [0, 0.1) is 0 Å². The number of aliphatic hydroxyl groups is 1. The lowest BCUT2D eigenvalue weighted by Crippen LogP contribution is -2.36. The molecule has 2 heterocycles. The van der Waals surface area contributed by atoms with E-state index in [1.165, 1.54) is 18.0 Å². The maximum atomic E-state index is 12.3. The van der Waals surface area contributed by atoms with Crippen LogP contribution in [-0.4, -0.2) is 66.7 Å². The zero-order chi connectivity index (χ0) is 19.1. The standard InChI is InChI=1S/C18H23N5O3S/c1-27-18-20-12-15(17(25)19-6-9-24)16(22-18)21-13-2-4-14(5-3-13)23-7-10-26-11-8-23/h2-5,12,24H,6-11H2,1H3,(H,19,25)(H,20,21,22). The predicted molar refractivity (Wildman–Crippen MR) is 106 cm³/mol. The van der Waals surface area contributed by atoms with Crippen molar-refractivity contribution in [3.05, 3.63) is 36.0 Å². The van der Waals surface area contributed by atoms with E-state index in [0.29, 0.717) is 16.5 Å². The number of hydrogen-bond acceptors (Lipinski definition) is 8. The molecule has 2 aromatic rings. The van der Waals surface area contributed by atoms with Gasteiger partial charge >= 0.3 is 0 Å². The summed E-state index contributed by atoms with van der Waals surface area (Å²) in [4.78, 5) is 23.2. The van der Waals surface area contributed by atoms with E-state index in [-0.39, 0.29) is 19.1 Å². The van der Waals surface area contributed by atoms with Gasteiger partial charge in [0.2, 0.25) is 0 Å². The highest BCUT2D eigenvalue weighted by molar-refractivity contribution is 7.98. The van der Waals surface area contributed by atoms with Crippen LogP contribution in [0.3, 0.4) is 0 Å². The molecule has 1 amide bonds. The fourth-order valence-electron chi connectivity index (χ4n) is 2.70. The predicted octanol–water partition coefficient (Wildman–Crippen LogP) is 1.50. The maximum Gasteiger partial charge on any atom is 0.256 e. The molecular formula is C18H23N5O3S. The smallest absolute Gasteiger partial charge is 0.256 e. The first kappa shape index (κ1) is 19.4. The van der Waals surface area contributed by atoms with Gasteiger partial charge in [0.05, 0.1) is 19.8 Å². The van der Waals surface area contributed by atoms with Crippen LogP contribution in [0.1, 0.15) is 10.4 Å². The average Bonchev–Trinajstić information content (AvgIpc) is 2.73. The quantitative estimate of drug-likeness (QED) is 0.484. The summed E-state index contributed by atoms with van der Waals surface area (Å²) in [6.45, 7) is 3.30.